The summed E-state index contributed by atoms with van der Waals surface area (Å²) >= 11 is 6.26. The van der Waals surface area contributed by atoms with E-state index in [4.69, 9.17) is 16.3 Å². The van der Waals surface area contributed by atoms with Crippen LogP contribution in [-0.4, -0.2) is 18.2 Å². The van der Waals surface area contributed by atoms with Crippen LogP contribution in [0.1, 0.15) is 31.4 Å². The fourth-order valence-electron chi connectivity index (χ4n) is 2.83. The molecule has 0 aliphatic carbocycles. The molecule has 0 radical (unpaired) electrons. The Labute approximate surface area is 170 Å². The minimum absolute atomic E-state index is 0.102. The molecule has 1 amide bonds. The van der Waals surface area contributed by atoms with Gasteiger partial charge < -0.3 is 4.74 Å². The number of hydrogen-bond donors (Lipinski definition) is 1. The van der Waals surface area contributed by atoms with Gasteiger partial charge in [-0.15, -0.1) is 0 Å². The van der Waals surface area contributed by atoms with Crippen molar-refractivity contribution in [3.63, 3.8) is 0 Å². The monoisotopic (exact) mass is 394 g/mol. The number of carbonyl (C=O) groups excluding carboxylic acids is 1. The predicted molar refractivity (Wildman–Crippen MR) is 115 cm³/mol. The molecule has 0 saturated carbocycles. The Morgan fingerprint density at radius 1 is 1.18 bits per heavy atom. The van der Waals surface area contributed by atoms with Crippen molar-refractivity contribution in [1.29, 1.82) is 0 Å². The van der Waals surface area contributed by atoms with Crippen LogP contribution < -0.4 is 10.2 Å². The molecule has 5 heteroatoms. The van der Waals surface area contributed by atoms with Gasteiger partial charge in [0.1, 0.15) is 5.75 Å². The Bertz CT molecular complexity index is 996. The standard InChI is InChI=1S/C23H23ClN2O2/c1-3-16(2)28-22-12-11-17(13-21(22)24)15-25-26-23(27)14-19-9-6-8-18-7-4-5-10-20(18)19/h4-13,15-16H,3,14H2,1-2H3,(H,26,27)/b25-15-/t16-/m1/s1. The first-order valence-electron chi connectivity index (χ1n) is 9.31. The van der Waals surface area contributed by atoms with Crippen LogP contribution in [0.2, 0.25) is 5.02 Å². The summed E-state index contributed by atoms with van der Waals surface area (Å²) in [6.45, 7) is 4.05. The maximum Gasteiger partial charge on any atom is 0.244 e. The highest BCUT2D eigenvalue weighted by Gasteiger charge is 2.07. The van der Waals surface area contributed by atoms with Gasteiger partial charge in [0.05, 0.1) is 23.8 Å². The zero-order valence-electron chi connectivity index (χ0n) is 16.0. The lowest BCUT2D eigenvalue weighted by Crippen LogP contribution is -2.19. The normalized spacial score (nSPS) is 12.2. The van der Waals surface area contributed by atoms with Crippen molar-refractivity contribution < 1.29 is 9.53 Å². The van der Waals surface area contributed by atoms with Gasteiger partial charge in [-0.2, -0.15) is 5.10 Å². The van der Waals surface area contributed by atoms with E-state index in [1.54, 1.807) is 12.3 Å². The number of hydrazone groups is 1. The first-order valence-corrected chi connectivity index (χ1v) is 9.69. The molecular formula is C23H23ClN2O2. The molecule has 4 nitrogen and oxygen atoms in total. The number of nitrogens with one attached hydrogen (secondary N) is 1. The molecule has 0 bridgehead atoms. The lowest BCUT2D eigenvalue weighted by atomic mass is 10.0. The number of amides is 1. The van der Waals surface area contributed by atoms with E-state index in [0.29, 0.717) is 10.8 Å². The summed E-state index contributed by atoms with van der Waals surface area (Å²) < 4.78 is 5.75. The van der Waals surface area contributed by atoms with Gasteiger partial charge >= 0.3 is 0 Å². The van der Waals surface area contributed by atoms with Gasteiger partial charge in [-0.1, -0.05) is 61.0 Å². The molecule has 3 rings (SSSR count). The Morgan fingerprint density at radius 2 is 1.96 bits per heavy atom. The van der Waals surface area contributed by atoms with Crippen LogP contribution in [0, 0.1) is 0 Å². The SMILES string of the molecule is CC[C@@H](C)Oc1ccc(/C=N\NC(=O)Cc2cccc3ccccc23)cc1Cl. The summed E-state index contributed by atoms with van der Waals surface area (Å²) in [5, 5.41) is 6.75. The van der Waals surface area contributed by atoms with Crippen LogP contribution in [0.3, 0.4) is 0 Å². The molecule has 3 aromatic carbocycles. The van der Waals surface area contributed by atoms with Gasteiger partial charge in [-0.05, 0) is 53.4 Å². The first kappa shape index (κ1) is 19.9. The average Bonchev–Trinajstić information content (AvgIpc) is 2.70. The number of rotatable bonds is 7. The van der Waals surface area contributed by atoms with Gasteiger partial charge in [0.15, 0.2) is 0 Å². The number of hydrogen-bond acceptors (Lipinski definition) is 3. The van der Waals surface area contributed by atoms with Crippen LogP contribution >= 0.6 is 11.6 Å². The fraction of sp³-hybridized carbons (Fsp3) is 0.217. The van der Waals surface area contributed by atoms with Gasteiger partial charge in [0.2, 0.25) is 5.91 Å². The maximum atomic E-state index is 12.3. The highest BCUT2D eigenvalue weighted by molar-refractivity contribution is 6.32. The van der Waals surface area contributed by atoms with E-state index in [0.717, 1.165) is 28.3 Å². The van der Waals surface area contributed by atoms with Crippen LogP contribution in [0.15, 0.2) is 65.8 Å². The third-order valence-corrected chi connectivity index (χ3v) is 4.79. The quantitative estimate of drug-likeness (QED) is 0.433. The number of ether oxygens (including phenoxy) is 1. The molecule has 1 atom stereocenters. The van der Waals surface area contributed by atoms with Crippen molar-refractivity contribution in [3.8, 4) is 5.75 Å². The predicted octanol–water partition coefficient (Wildman–Crippen LogP) is 5.36. The Kier molecular flexibility index (Phi) is 6.66. The minimum Gasteiger partial charge on any atom is -0.489 e. The number of fused-ring (bicyclic) bond motifs is 1. The van der Waals surface area contributed by atoms with Crippen molar-refractivity contribution >= 4 is 34.5 Å². The van der Waals surface area contributed by atoms with Crippen molar-refractivity contribution in [2.45, 2.75) is 32.8 Å². The molecule has 0 unspecified atom stereocenters. The Balaban J connectivity index is 1.61. The number of nitrogens with zero attached hydrogens (tertiary/aromatic N) is 1. The molecule has 1 N–H and O–H groups in total. The van der Waals surface area contributed by atoms with E-state index in [9.17, 15) is 4.79 Å². The second kappa shape index (κ2) is 9.38. The molecule has 0 fully saturated rings. The molecule has 3 aromatic rings. The molecule has 0 aromatic heterocycles. The molecule has 144 valence electrons. The van der Waals surface area contributed by atoms with Crippen molar-refractivity contribution in [2.75, 3.05) is 0 Å². The van der Waals surface area contributed by atoms with Gasteiger partial charge in [-0.3, -0.25) is 4.79 Å². The number of carbonyl (C=O) groups is 1. The molecule has 28 heavy (non-hydrogen) atoms. The second-order valence-corrected chi connectivity index (χ2v) is 7.04. The largest absolute Gasteiger partial charge is 0.489 e. The van der Waals surface area contributed by atoms with Gasteiger partial charge in [0.25, 0.3) is 0 Å². The van der Waals surface area contributed by atoms with Crippen molar-refractivity contribution in [1.82, 2.24) is 5.43 Å². The number of benzene rings is 3. The summed E-state index contributed by atoms with van der Waals surface area (Å²) in [5.41, 5.74) is 4.33. The van der Waals surface area contributed by atoms with Gasteiger partial charge in [0, 0.05) is 0 Å². The Morgan fingerprint density at radius 3 is 2.75 bits per heavy atom. The third kappa shape index (κ3) is 5.11. The zero-order valence-corrected chi connectivity index (χ0v) is 16.7. The molecule has 0 aliphatic rings. The van der Waals surface area contributed by atoms with Crippen LogP contribution in [-0.2, 0) is 11.2 Å². The zero-order chi connectivity index (χ0) is 19.9. The number of halogens is 1. The smallest absolute Gasteiger partial charge is 0.244 e. The summed E-state index contributed by atoms with van der Waals surface area (Å²) in [6, 6.07) is 19.4. The lowest BCUT2D eigenvalue weighted by molar-refractivity contribution is -0.120. The minimum atomic E-state index is -0.171. The summed E-state index contributed by atoms with van der Waals surface area (Å²) in [4.78, 5) is 12.3. The summed E-state index contributed by atoms with van der Waals surface area (Å²) in [5.74, 6) is 0.476. The highest BCUT2D eigenvalue weighted by atomic mass is 35.5. The van der Waals surface area contributed by atoms with E-state index < -0.39 is 0 Å². The van der Waals surface area contributed by atoms with Crippen LogP contribution in [0.5, 0.6) is 5.75 Å². The molecule has 0 aliphatic heterocycles. The average molecular weight is 395 g/mol. The molecule has 0 saturated heterocycles. The molecule has 0 heterocycles. The summed E-state index contributed by atoms with van der Waals surface area (Å²) in [7, 11) is 0. The first-order chi connectivity index (χ1) is 13.6. The fourth-order valence-corrected chi connectivity index (χ4v) is 3.06. The maximum absolute atomic E-state index is 12.3. The highest BCUT2D eigenvalue weighted by Crippen LogP contribution is 2.26. The second-order valence-electron chi connectivity index (χ2n) is 6.63. The van der Waals surface area contributed by atoms with Crippen molar-refractivity contribution in [2.24, 2.45) is 5.10 Å². The Hall–Kier alpha value is -2.85. The van der Waals surface area contributed by atoms with Crippen molar-refractivity contribution in [3.05, 3.63) is 76.8 Å². The molecular weight excluding hydrogens is 372 g/mol. The van der Waals surface area contributed by atoms with Crippen LogP contribution in [0.4, 0.5) is 0 Å². The van der Waals surface area contributed by atoms with Crippen LogP contribution in [0.25, 0.3) is 10.8 Å². The summed E-state index contributed by atoms with van der Waals surface area (Å²) in [6.07, 6.45) is 2.84. The van der Waals surface area contributed by atoms with E-state index in [-0.39, 0.29) is 18.4 Å². The van der Waals surface area contributed by atoms with E-state index >= 15 is 0 Å². The molecule has 0 spiro atoms. The lowest BCUT2D eigenvalue weighted by Gasteiger charge is -2.13. The topological polar surface area (TPSA) is 50.7 Å². The van der Waals surface area contributed by atoms with E-state index in [1.165, 1.54) is 0 Å². The van der Waals surface area contributed by atoms with Gasteiger partial charge in [-0.25, -0.2) is 5.43 Å². The van der Waals surface area contributed by atoms with E-state index in [1.807, 2.05) is 61.5 Å². The van der Waals surface area contributed by atoms with E-state index in [2.05, 4.69) is 17.5 Å². The third-order valence-electron chi connectivity index (χ3n) is 4.49.